The van der Waals surface area contributed by atoms with Gasteiger partial charge >= 0.3 is 0 Å². The third-order valence-electron chi connectivity index (χ3n) is 2.39. The maximum Gasteiger partial charge on any atom is 0.231 e. The van der Waals surface area contributed by atoms with E-state index in [-0.39, 0.29) is 11.7 Å². The van der Waals surface area contributed by atoms with Gasteiger partial charge in [0.05, 0.1) is 0 Å². The summed E-state index contributed by atoms with van der Waals surface area (Å²) in [4.78, 5) is 4.23. The van der Waals surface area contributed by atoms with Gasteiger partial charge in [-0.15, -0.1) is 0 Å². The number of halogens is 2. The Kier molecular flexibility index (Phi) is 3.54. The molecule has 0 aliphatic rings. The van der Waals surface area contributed by atoms with Crippen molar-refractivity contribution >= 4 is 15.9 Å². The topological polar surface area (TPSA) is 64.9 Å². The summed E-state index contributed by atoms with van der Waals surface area (Å²) in [5.41, 5.74) is 6.20. The lowest BCUT2D eigenvalue weighted by atomic mass is 10.2. The molecule has 1 heterocycles. The van der Waals surface area contributed by atoms with Gasteiger partial charge in [0.1, 0.15) is 5.82 Å². The van der Waals surface area contributed by atoms with E-state index in [1.165, 1.54) is 12.1 Å². The molecule has 0 spiro atoms. The van der Waals surface area contributed by atoms with Crippen molar-refractivity contribution in [2.45, 2.75) is 12.8 Å². The van der Waals surface area contributed by atoms with Gasteiger partial charge in [0.15, 0.2) is 0 Å². The summed E-state index contributed by atoms with van der Waals surface area (Å²) >= 11 is 3.26. The average molecular weight is 300 g/mol. The molecule has 0 aliphatic carbocycles. The fourth-order valence-corrected chi connectivity index (χ4v) is 1.84. The first-order valence-electron chi connectivity index (χ1n) is 5.11. The number of nitrogens with zero attached hydrogens (tertiary/aromatic N) is 2. The van der Waals surface area contributed by atoms with Gasteiger partial charge in [-0.2, -0.15) is 4.98 Å². The van der Waals surface area contributed by atoms with Crippen LogP contribution in [-0.4, -0.2) is 16.7 Å². The Labute approximate surface area is 106 Å². The fourth-order valence-electron chi connectivity index (χ4n) is 1.32. The lowest BCUT2D eigenvalue weighted by molar-refractivity contribution is 0.361. The molecule has 1 unspecified atom stereocenters. The van der Waals surface area contributed by atoms with Crippen LogP contribution in [0.1, 0.15) is 18.7 Å². The zero-order chi connectivity index (χ0) is 12.4. The quantitative estimate of drug-likeness (QED) is 0.946. The number of nitrogens with two attached hydrogens (primary N) is 1. The minimum absolute atomic E-state index is 0.00970. The first-order chi connectivity index (χ1) is 8.11. The van der Waals surface area contributed by atoms with Crippen LogP contribution in [0, 0.1) is 5.82 Å². The highest BCUT2D eigenvalue weighted by Crippen LogP contribution is 2.27. The molecule has 0 bridgehead atoms. The van der Waals surface area contributed by atoms with E-state index in [1.54, 1.807) is 6.07 Å². The summed E-state index contributed by atoms with van der Waals surface area (Å²) in [5.74, 6) is 0.598. The molecule has 0 saturated heterocycles. The molecule has 4 nitrogen and oxygen atoms in total. The number of aromatic nitrogens is 2. The van der Waals surface area contributed by atoms with Gasteiger partial charge in [-0.25, -0.2) is 4.39 Å². The molecule has 0 fully saturated rings. The van der Waals surface area contributed by atoms with Crippen LogP contribution in [0.25, 0.3) is 11.4 Å². The minimum atomic E-state index is -0.320. The first-order valence-corrected chi connectivity index (χ1v) is 5.90. The van der Waals surface area contributed by atoms with E-state index < -0.39 is 0 Å². The van der Waals surface area contributed by atoms with Gasteiger partial charge in [0.2, 0.25) is 11.7 Å². The highest BCUT2D eigenvalue weighted by Gasteiger charge is 2.15. The molecule has 6 heteroatoms. The monoisotopic (exact) mass is 299 g/mol. The molecule has 1 aromatic carbocycles. The summed E-state index contributed by atoms with van der Waals surface area (Å²) < 4.78 is 18.6. The number of hydrogen-bond donors (Lipinski definition) is 1. The molecule has 0 amide bonds. The highest BCUT2D eigenvalue weighted by atomic mass is 79.9. The van der Waals surface area contributed by atoms with Gasteiger partial charge in [-0.05, 0) is 34.1 Å². The van der Waals surface area contributed by atoms with Crippen molar-refractivity contribution in [1.82, 2.24) is 10.1 Å². The van der Waals surface area contributed by atoms with Crippen molar-refractivity contribution in [2.75, 3.05) is 6.54 Å². The lowest BCUT2D eigenvalue weighted by Gasteiger charge is -2.00. The standard InChI is InChI=1S/C11H11BrFN3O/c1-6(5-14)11-15-10(16-17-11)8-3-2-7(13)4-9(8)12/h2-4,6H,5,14H2,1H3. The molecule has 2 aromatic rings. The second kappa shape index (κ2) is 4.93. The van der Waals surface area contributed by atoms with E-state index in [9.17, 15) is 4.39 Å². The van der Waals surface area contributed by atoms with Crippen molar-refractivity contribution in [3.8, 4) is 11.4 Å². The lowest BCUT2D eigenvalue weighted by Crippen LogP contribution is -2.08. The minimum Gasteiger partial charge on any atom is -0.339 e. The highest BCUT2D eigenvalue weighted by molar-refractivity contribution is 9.10. The van der Waals surface area contributed by atoms with E-state index in [2.05, 4.69) is 26.1 Å². The molecular formula is C11H11BrFN3O. The zero-order valence-corrected chi connectivity index (χ0v) is 10.7. The van der Waals surface area contributed by atoms with Crippen LogP contribution in [0.15, 0.2) is 27.2 Å². The number of rotatable bonds is 3. The van der Waals surface area contributed by atoms with Crippen LogP contribution in [0.3, 0.4) is 0 Å². The first kappa shape index (κ1) is 12.2. The van der Waals surface area contributed by atoms with Crippen LogP contribution < -0.4 is 5.73 Å². The molecule has 90 valence electrons. The Morgan fingerprint density at radius 1 is 1.53 bits per heavy atom. The molecule has 2 rings (SSSR count). The van der Waals surface area contributed by atoms with Crippen LogP contribution in [0.2, 0.25) is 0 Å². The molecule has 1 aromatic heterocycles. The van der Waals surface area contributed by atoms with Gasteiger partial charge in [0, 0.05) is 22.5 Å². The molecular weight excluding hydrogens is 289 g/mol. The van der Waals surface area contributed by atoms with Crippen LogP contribution in [0.5, 0.6) is 0 Å². The molecule has 0 saturated carbocycles. The van der Waals surface area contributed by atoms with Gasteiger partial charge in [0.25, 0.3) is 0 Å². The summed E-state index contributed by atoms with van der Waals surface area (Å²) in [6.07, 6.45) is 0. The Hall–Kier alpha value is -1.27. The molecule has 17 heavy (non-hydrogen) atoms. The summed E-state index contributed by atoms with van der Waals surface area (Å²) in [6.45, 7) is 2.34. The summed E-state index contributed by atoms with van der Waals surface area (Å²) in [5, 5.41) is 3.85. The van der Waals surface area contributed by atoms with Crippen LogP contribution in [-0.2, 0) is 0 Å². The molecule has 1 atom stereocenters. The predicted molar refractivity (Wildman–Crippen MR) is 64.9 cm³/mol. The summed E-state index contributed by atoms with van der Waals surface area (Å²) in [7, 11) is 0. The Bertz CT molecular complexity index is 529. The van der Waals surface area contributed by atoms with E-state index in [0.717, 1.165) is 0 Å². The Morgan fingerprint density at radius 2 is 2.29 bits per heavy atom. The smallest absolute Gasteiger partial charge is 0.231 e. The number of benzene rings is 1. The fraction of sp³-hybridized carbons (Fsp3) is 0.273. The predicted octanol–water partition coefficient (Wildman–Crippen LogP) is 2.70. The van der Waals surface area contributed by atoms with Crippen molar-refractivity contribution in [1.29, 1.82) is 0 Å². The number of hydrogen-bond acceptors (Lipinski definition) is 4. The maximum absolute atomic E-state index is 12.9. The molecule has 2 N–H and O–H groups in total. The Morgan fingerprint density at radius 3 is 2.94 bits per heavy atom. The Balaban J connectivity index is 2.37. The van der Waals surface area contributed by atoms with Gasteiger partial charge < -0.3 is 10.3 Å². The van der Waals surface area contributed by atoms with E-state index >= 15 is 0 Å². The van der Waals surface area contributed by atoms with Crippen molar-refractivity contribution < 1.29 is 8.91 Å². The molecule has 0 radical (unpaired) electrons. The van der Waals surface area contributed by atoms with Crippen molar-refractivity contribution in [3.05, 3.63) is 34.4 Å². The van der Waals surface area contributed by atoms with E-state index in [0.29, 0.717) is 28.3 Å². The van der Waals surface area contributed by atoms with Gasteiger partial charge in [-0.1, -0.05) is 12.1 Å². The second-order valence-electron chi connectivity index (χ2n) is 3.72. The largest absolute Gasteiger partial charge is 0.339 e. The van der Waals surface area contributed by atoms with E-state index in [4.69, 9.17) is 10.3 Å². The SMILES string of the molecule is CC(CN)c1nc(-c2ccc(F)cc2Br)no1. The normalized spacial score (nSPS) is 12.7. The van der Waals surface area contributed by atoms with Crippen molar-refractivity contribution in [3.63, 3.8) is 0 Å². The summed E-state index contributed by atoms with van der Waals surface area (Å²) in [6, 6.07) is 4.31. The maximum atomic E-state index is 12.9. The van der Waals surface area contributed by atoms with E-state index in [1.807, 2.05) is 6.92 Å². The third-order valence-corrected chi connectivity index (χ3v) is 3.04. The zero-order valence-electron chi connectivity index (χ0n) is 9.15. The third kappa shape index (κ3) is 2.53. The van der Waals surface area contributed by atoms with Gasteiger partial charge in [-0.3, -0.25) is 0 Å². The average Bonchev–Trinajstić information content (AvgIpc) is 2.77. The molecule has 0 aliphatic heterocycles. The van der Waals surface area contributed by atoms with Crippen molar-refractivity contribution in [2.24, 2.45) is 5.73 Å². The van der Waals surface area contributed by atoms with Crippen LogP contribution in [0.4, 0.5) is 4.39 Å². The second-order valence-corrected chi connectivity index (χ2v) is 4.57. The van der Waals surface area contributed by atoms with Crippen LogP contribution >= 0.6 is 15.9 Å².